The maximum absolute atomic E-state index is 12.3. The summed E-state index contributed by atoms with van der Waals surface area (Å²) in [5.41, 5.74) is 1.15. The minimum absolute atomic E-state index is 0.0356. The normalized spacial score (nSPS) is 10.2. The molecular weight excluding hydrogens is 228 g/mol. The number of hydrogen-bond donors (Lipinski definition) is 0. The van der Waals surface area contributed by atoms with Crippen LogP contribution >= 0.6 is 0 Å². The summed E-state index contributed by atoms with van der Waals surface area (Å²) in [6, 6.07) is 8.83. The van der Waals surface area contributed by atoms with E-state index in [4.69, 9.17) is 10.00 Å². The summed E-state index contributed by atoms with van der Waals surface area (Å²) < 4.78 is 5.01. The summed E-state index contributed by atoms with van der Waals surface area (Å²) in [5.74, 6) is -0.0356. The van der Waals surface area contributed by atoms with Crippen molar-refractivity contribution in [2.75, 3.05) is 20.3 Å². The number of benzene rings is 1. The topological polar surface area (TPSA) is 53.3 Å². The zero-order valence-electron chi connectivity index (χ0n) is 11.0. The summed E-state index contributed by atoms with van der Waals surface area (Å²) in [4.78, 5) is 14.0. The van der Waals surface area contributed by atoms with E-state index in [1.807, 2.05) is 19.9 Å². The Morgan fingerprint density at radius 2 is 2.00 bits per heavy atom. The van der Waals surface area contributed by atoms with Crippen LogP contribution in [-0.2, 0) is 4.74 Å². The maximum Gasteiger partial charge on any atom is 0.254 e. The first-order valence-electron chi connectivity index (χ1n) is 5.90. The summed E-state index contributed by atoms with van der Waals surface area (Å²) in [7, 11) is 1.62. The largest absolute Gasteiger partial charge is 0.383 e. The van der Waals surface area contributed by atoms with Gasteiger partial charge in [-0.3, -0.25) is 4.79 Å². The first kappa shape index (κ1) is 14.2. The molecule has 0 aliphatic heterocycles. The van der Waals surface area contributed by atoms with Crippen molar-refractivity contribution in [2.45, 2.75) is 19.9 Å². The van der Waals surface area contributed by atoms with Gasteiger partial charge < -0.3 is 9.64 Å². The Labute approximate surface area is 108 Å². The summed E-state index contributed by atoms with van der Waals surface area (Å²) in [6.07, 6.45) is 0. The highest BCUT2D eigenvalue weighted by Gasteiger charge is 2.18. The van der Waals surface area contributed by atoms with E-state index >= 15 is 0 Å². The van der Waals surface area contributed by atoms with Gasteiger partial charge in [0.05, 0.1) is 18.2 Å². The van der Waals surface area contributed by atoms with Gasteiger partial charge in [0, 0.05) is 25.3 Å². The molecule has 0 spiro atoms. The highest BCUT2D eigenvalue weighted by Crippen LogP contribution is 2.10. The van der Waals surface area contributed by atoms with Crippen molar-refractivity contribution in [1.29, 1.82) is 5.26 Å². The molecule has 0 saturated carbocycles. The lowest BCUT2D eigenvalue weighted by Gasteiger charge is -2.26. The second-order valence-electron chi connectivity index (χ2n) is 4.27. The van der Waals surface area contributed by atoms with Gasteiger partial charge in [0.25, 0.3) is 5.91 Å². The molecule has 4 heteroatoms. The van der Waals surface area contributed by atoms with E-state index in [0.29, 0.717) is 24.3 Å². The predicted molar refractivity (Wildman–Crippen MR) is 69.2 cm³/mol. The molecule has 0 aromatic heterocycles. The van der Waals surface area contributed by atoms with Crippen molar-refractivity contribution in [1.82, 2.24) is 4.90 Å². The Morgan fingerprint density at radius 3 is 2.44 bits per heavy atom. The van der Waals surface area contributed by atoms with Crippen LogP contribution in [0.3, 0.4) is 0 Å². The van der Waals surface area contributed by atoms with E-state index in [1.165, 1.54) is 0 Å². The molecule has 0 fully saturated rings. The molecule has 0 atom stereocenters. The van der Waals surface area contributed by atoms with Crippen molar-refractivity contribution in [3.05, 3.63) is 35.4 Å². The van der Waals surface area contributed by atoms with Crippen LogP contribution in [-0.4, -0.2) is 37.1 Å². The fourth-order valence-corrected chi connectivity index (χ4v) is 1.64. The molecule has 4 nitrogen and oxygen atoms in total. The standard InChI is InChI=1S/C14H18N2O2/c1-11(2)16(8-9-18-3)14(17)13-6-4-12(10-15)5-7-13/h4-7,11H,8-9H2,1-3H3. The monoisotopic (exact) mass is 246 g/mol. The highest BCUT2D eigenvalue weighted by atomic mass is 16.5. The Kier molecular flexibility index (Phi) is 5.34. The van der Waals surface area contributed by atoms with E-state index in [1.54, 1.807) is 36.3 Å². The molecule has 1 aromatic rings. The third kappa shape index (κ3) is 3.57. The number of carbonyl (C=O) groups is 1. The van der Waals surface area contributed by atoms with Crippen molar-refractivity contribution in [3.63, 3.8) is 0 Å². The van der Waals surface area contributed by atoms with Crippen molar-refractivity contribution < 1.29 is 9.53 Å². The molecule has 1 aromatic carbocycles. The molecule has 1 rings (SSSR count). The van der Waals surface area contributed by atoms with Crippen LogP contribution in [0, 0.1) is 11.3 Å². The second-order valence-corrected chi connectivity index (χ2v) is 4.27. The number of carbonyl (C=O) groups excluding carboxylic acids is 1. The molecule has 0 radical (unpaired) electrons. The van der Waals surface area contributed by atoms with Crippen molar-refractivity contribution in [2.24, 2.45) is 0 Å². The molecule has 0 N–H and O–H groups in total. The third-order valence-corrected chi connectivity index (χ3v) is 2.68. The molecule has 96 valence electrons. The van der Waals surface area contributed by atoms with Gasteiger partial charge in [0.15, 0.2) is 0 Å². The van der Waals surface area contributed by atoms with Gasteiger partial charge >= 0.3 is 0 Å². The molecule has 0 aliphatic carbocycles. The quantitative estimate of drug-likeness (QED) is 0.799. The number of rotatable bonds is 5. The summed E-state index contributed by atoms with van der Waals surface area (Å²) >= 11 is 0. The van der Waals surface area contributed by atoms with Crippen LogP contribution in [0.25, 0.3) is 0 Å². The van der Waals surface area contributed by atoms with E-state index in [9.17, 15) is 4.79 Å². The van der Waals surface area contributed by atoms with Crippen molar-refractivity contribution in [3.8, 4) is 6.07 Å². The molecule has 1 amide bonds. The van der Waals surface area contributed by atoms with Crippen LogP contribution in [0.5, 0.6) is 0 Å². The number of nitriles is 1. The Balaban J connectivity index is 2.84. The average molecular weight is 246 g/mol. The average Bonchev–Trinajstić information content (AvgIpc) is 2.38. The van der Waals surface area contributed by atoms with Gasteiger partial charge in [0.2, 0.25) is 0 Å². The fraction of sp³-hybridized carbons (Fsp3) is 0.429. The smallest absolute Gasteiger partial charge is 0.254 e. The Morgan fingerprint density at radius 1 is 1.39 bits per heavy atom. The first-order valence-corrected chi connectivity index (χ1v) is 5.90. The molecule has 0 heterocycles. The molecule has 0 saturated heterocycles. The molecular formula is C14H18N2O2. The van der Waals surface area contributed by atoms with Crippen LogP contribution < -0.4 is 0 Å². The summed E-state index contributed by atoms with van der Waals surface area (Å²) in [6.45, 7) is 5.02. The maximum atomic E-state index is 12.3. The number of hydrogen-bond acceptors (Lipinski definition) is 3. The van der Waals surface area contributed by atoms with Crippen LogP contribution in [0.2, 0.25) is 0 Å². The molecule has 0 unspecified atom stereocenters. The van der Waals surface area contributed by atoms with Crippen LogP contribution in [0.15, 0.2) is 24.3 Å². The number of nitrogens with zero attached hydrogens (tertiary/aromatic N) is 2. The van der Waals surface area contributed by atoms with E-state index in [-0.39, 0.29) is 11.9 Å². The molecule has 0 bridgehead atoms. The minimum atomic E-state index is -0.0356. The lowest BCUT2D eigenvalue weighted by Crippen LogP contribution is -2.39. The Hall–Kier alpha value is -1.86. The van der Waals surface area contributed by atoms with Crippen LogP contribution in [0.1, 0.15) is 29.8 Å². The zero-order chi connectivity index (χ0) is 13.5. The SMILES string of the molecule is COCCN(C(=O)c1ccc(C#N)cc1)C(C)C. The highest BCUT2D eigenvalue weighted by molar-refractivity contribution is 5.94. The number of ether oxygens (including phenoxy) is 1. The first-order chi connectivity index (χ1) is 8.60. The van der Waals surface area contributed by atoms with E-state index in [2.05, 4.69) is 0 Å². The Bertz CT molecular complexity index is 432. The van der Waals surface area contributed by atoms with Gasteiger partial charge in [-0.25, -0.2) is 0 Å². The predicted octanol–water partition coefficient (Wildman–Crippen LogP) is 2.06. The van der Waals surface area contributed by atoms with Gasteiger partial charge in [-0.1, -0.05) is 0 Å². The van der Waals surface area contributed by atoms with Gasteiger partial charge in [-0.15, -0.1) is 0 Å². The minimum Gasteiger partial charge on any atom is -0.383 e. The number of amides is 1. The second kappa shape index (κ2) is 6.77. The van der Waals surface area contributed by atoms with Gasteiger partial charge in [0.1, 0.15) is 0 Å². The van der Waals surface area contributed by atoms with Crippen LogP contribution in [0.4, 0.5) is 0 Å². The van der Waals surface area contributed by atoms with Gasteiger partial charge in [-0.2, -0.15) is 5.26 Å². The van der Waals surface area contributed by atoms with Gasteiger partial charge in [-0.05, 0) is 38.1 Å². The summed E-state index contributed by atoms with van der Waals surface area (Å²) in [5, 5.41) is 8.72. The van der Waals surface area contributed by atoms with E-state index in [0.717, 1.165) is 0 Å². The fourth-order valence-electron chi connectivity index (χ4n) is 1.64. The lowest BCUT2D eigenvalue weighted by molar-refractivity contribution is 0.0635. The van der Waals surface area contributed by atoms with E-state index < -0.39 is 0 Å². The number of methoxy groups -OCH3 is 1. The van der Waals surface area contributed by atoms with Crippen molar-refractivity contribution >= 4 is 5.91 Å². The molecule has 18 heavy (non-hydrogen) atoms. The molecule has 0 aliphatic rings. The zero-order valence-corrected chi connectivity index (χ0v) is 11.0. The lowest BCUT2D eigenvalue weighted by atomic mass is 10.1. The third-order valence-electron chi connectivity index (χ3n) is 2.68.